The zero-order valence-corrected chi connectivity index (χ0v) is 12.9. The summed E-state index contributed by atoms with van der Waals surface area (Å²) in [5.41, 5.74) is 1.53. The van der Waals surface area contributed by atoms with E-state index in [1.54, 1.807) is 44.3 Å². The van der Waals surface area contributed by atoms with Gasteiger partial charge in [0.2, 0.25) is 0 Å². The van der Waals surface area contributed by atoms with Crippen LogP contribution in [0, 0.1) is 6.92 Å². The molecule has 7 nitrogen and oxygen atoms in total. The summed E-state index contributed by atoms with van der Waals surface area (Å²) in [6.45, 7) is 2.21. The van der Waals surface area contributed by atoms with E-state index < -0.39 is 12.0 Å². The molecule has 0 saturated heterocycles. The average molecular weight is 315 g/mol. The lowest BCUT2D eigenvalue weighted by Gasteiger charge is -2.26. The van der Waals surface area contributed by atoms with Crippen molar-refractivity contribution in [2.75, 3.05) is 13.2 Å². The Bertz CT molecular complexity index is 768. The maximum absolute atomic E-state index is 12.9. The van der Waals surface area contributed by atoms with Crippen LogP contribution in [0.3, 0.4) is 0 Å². The summed E-state index contributed by atoms with van der Waals surface area (Å²) < 4.78 is 7.07. The first-order valence-electron chi connectivity index (χ1n) is 7.25. The molecule has 1 aromatic heterocycles. The van der Waals surface area contributed by atoms with Crippen molar-refractivity contribution in [3.63, 3.8) is 0 Å². The molecule has 3 rings (SSSR count). The fraction of sp³-hybridized carbons (Fsp3) is 0.312. The lowest BCUT2D eigenvalue weighted by atomic mass is 10.0. The third-order valence-electron chi connectivity index (χ3n) is 3.83. The highest BCUT2D eigenvalue weighted by molar-refractivity contribution is 5.96. The predicted octanol–water partition coefficient (Wildman–Crippen LogP) is 1.39. The minimum atomic E-state index is -1.09. The molecule has 0 aliphatic carbocycles. The minimum Gasteiger partial charge on any atom is -0.491 e. The molecule has 1 aliphatic heterocycles. The van der Waals surface area contributed by atoms with E-state index in [0.717, 1.165) is 0 Å². The summed E-state index contributed by atoms with van der Waals surface area (Å²) in [7, 11) is 1.66. The van der Waals surface area contributed by atoms with E-state index in [2.05, 4.69) is 5.10 Å². The van der Waals surface area contributed by atoms with Crippen LogP contribution in [0.5, 0.6) is 5.75 Å². The Morgan fingerprint density at radius 2 is 2.09 bits per heavy atom. The molecule has 0 bridgehead atoms. The molecule has 1 aromatic carbocycles. The number of carbonyl (C=O) groups is 2. The summed E-state index contributed by atoms with van der Waals surface area (Å²) in [6.07, 6.45) is 0. The zero-order valence-electron chi connectivity index (χ0n) is 12.9. The number of benzene rings is 1. The molecule has 0 fully saturated rings. The second-order valence-electron chi connectivity index (χ2n) is 5.42. The molecule has 1 amide bonds. The zero-order chi connectivity index (χ0) is 16.6. The number of rotatable bonds is 2. The molecule has 2 heterocycles. The highest BCUT2D eigenvalue weighted by Gasteiger charge is 2.36. The van der Waals surface area contributed by atoms with E-state index >= 15 is 0 Å². The van der Waals surface area contributed by atoms with Crippen LogP contribution in [0.2, 0.25) is 0 Å². The molecule has 23 heavy (non-hydrogen) atoms. The van der Waals surface area contributed by atoms with Crippen LogP contribution >= 0.6 is 0 Å². The van der Waals surface area contributed by atoms with E-state index in [-0.39, 0.29) is 19.1 Å². The van der Waals surface area contributed by atoms with E-state index in [0.29, 0.717) is 22.7 Å². The van der Waals surface area contributed by atoms with Crippen LogP contribution in [-0.4, -0.2) is 44.8 Å². The second-order valence-corrected chi connectivity index (χ2v) is 5.42. The maximum atomic E-state index is 12.9. The van der Waals surface area contributed by atoms with Gasteiger partial charge in [-0.3, -0.25) is 9.48 Å². The highest BCUT2D eigenvalue weighted by atomic mass is 16.5. The first kappa shape index (κ1) is 15.1. The fourth-order valence-corrected chi connectivity index (χ4v) is 2.83. The number of hydrogen-bond acceptors (Lipinski definition) is 4. The van der Waals surface area contributed by atoms with Gasteiger partial charge in [-0.05, 0) is 19.1 Å². The quantitative estimate of drug-likeness (QED) is 0.905. The van der Waals surface area contributed by atoms with Gasteiger partial charge in [-0.15, -0.1) is 0 Å². The molecule has 2 aromatic rings. The van der Waals surface area contributed by atoms with E-state index in [4.69, 9.17) is 4.74 Å². The smallest absolute Gasteiger partial charge is 0.331 e. The van der Waals surface area contributed by atoms with Crippen molar-refractivity contribution in [3.05, 3.63) is 47.3 Å². The number of carboxylic acid groups (broad SMARTS) is 1. The van der Waals surface area contributed by atoms with Gasteiger partial charge in [-0.1, -0.05) is 18.2 Å². The average Bonchev–Trinajstić information content (AvgIpc) is 2.74. The molecular weight excluding hydrogens is 298 g/mol. The van der Waals surface area contributed by atoms with Crippen molar-refractivity contribution < 1.29 is 19.4 Å². The van der Waals surface area contributed by atoms with E-state index in [9.17, 15) is 14.7 Å². The molecule has 120 valence electrons. The van der Waals surface area contributed by atoms with Crippen LogP contribution in [0.15, 0.2) is 30.3 Å². The summed E-state index contributed by atoms with van der Waals surface area (Å²) in [5, 5.41) is 13.8. The van der Waals surface area contributed by atoms with Crippen molar-refractivity contribution in [1.82, 2.24) is 14.7 Å². The van der Waals surface area contributed by atoms with Gasteiger partial charge in [0.25, 0.3) is 5.91 Å². The molecule has 1 aliphatic rings. The third kappa shape index (κ3) is 2.65. The molecule has 1 N–H and O–H groups in total. The Labute approximate surface area is 133 Å². The number of aromatic nitrogens is 2. The van der Waals surface area contributed by atoms with Gasteiger partial charge in [-0.2, -0.15) is 5.10 Å². The molecule has 7 heteroatoms. The number of para-hydroxylation sites is 1. The Balaban J connectivity index is 2.05. The van der Waals surface area contributed by atoms with Crippen molar-refractivity contribution >= 4 is 11.9 Å². The van der Waals surface area contributed by atoms with Gasteiger partial charge >= 0.3 is 5.97 Å². The molecule has 0 spiro atoms. The molecular formula is C16H17N3O4. The minimum absolute atomic E-state index is 0.189. The summed E-state index contributed by atoms with van der Waals surface area (Å²) >= 11 is 0. The number of ether oxygens (including phenoxy) is 1. The number of aryl methyl sites for hydroxylation is 2. The topological polar surface area (TPSA) is 84.7 Å². The summed E-state index contributed by atoms with van der Waals surface area (Å²) in [4.78, 5) is 26.0. The number of hydrogen-bond donors (Lipinski definition) is 1. The fourth-order valence-electron chi connectivity index (χ4n) is 2.83. The number of carboxylic acids is 1. The molecule has 0 radical (unpaired) electrons. The van der Waals surface area contributed by atoms with Crippen molar-refractivity contribution in [2.45, 2.75) is 13.0 Å². The first-order chi connectivity index (χ1) is 11.0. The van der Waals surface area contributed by atoms with E-state index in [1.165, 1.54) is 9.58 Å². The van der Waals surface area contributed by atoms with Gasteiger partial charge in [0.15, 0.2) is 6.04 Å². The predicted molar refractivity (Wildman–Crippen MR) is 81.3 cm³/mol. The van der Waals surface area contributed by atoms with Gasteiger partial charge in [0, 0.05) is 12.6 Å². The van der Waals surface area contributed by atoms with Crippen LogP contribution in [-0.2, 0) is 11.8 Å². The third-order valence-corrected chi connectivity index (χ3v) is 3.83. The largest absolute Gasteiger partial charge is 0.491 e. The van der Waals surface area contributed by atoms with Crippen LogP contribution in [0.4, 0.5) is 0 Å². The number of amides is 1. The molecule has 1 unspecified atom stereocenters. The number of nitrogens with zero attached hydrogens (tertiary/aromatic N) is 3. The number of fused-ring (bicyclic) bond motifs is 1. The van der Waals surface area contributed by atoms with Crippen LogP contribution in [0.1, 0.15) is 27.8 Å². The standard InChI is InChI=1S/C16H17N3O4/c1-10-9-12(18(2)17-10)15(20)19-7-8-23-13-6-4-3-5-11(13)14(19)16(21)22/h3-6,9,14H,7-8H2,1-2H3,(H,21,22). The van der Waals surface area contributed by atoms with Crippen molar-refractivity contribution in [1.29, 1.82) is 0 Å². The Morgan fingerprint density at radius 1 is 1.35 bits per heavy atom. The lowest BCUT2D eigenvalue weighted by Crippen LogP contribution is -2.40. The monoisotopic (exact) mass is 315 g/mol. The summed E-state index contributed by atoms with van der Waals surface area (Å²) in [6, 6.07) is 7.47. The van der Waals surface area contributed by atoms with Crippen LogP contribution in [0.25, 0.3) is 0 Å². The SMILES string of the molecule is Cc1cc(C(=O)N2CCOc3ccccc3C2C(=O)O)n(C)n1. The molecule has 0 saturated carbocycles. The van der Waals surface area contributed by atoms with Crippen LogP contribution < -0.4 is 4.74 Å². The van der Waals surface area contributed by atoms with Gasteiger partial charge in [0.05, 0.1) is 12.2 Å². The Kier molecular flexibility index (Phi) is 3.77. The first-order valence-corrected chi connectivity index (χ1v) is 7.25. The lowest BCUT2D eigenvalue weighted by molar-refractivity contribution is -0.142. The summed E-state index contributed by atoms with van der Waals surface area (Å²) in [5.74, 6) is -0.965. The normalized spacial score (nSPS) is 17.1. The van der Waals surface area contributed by atoms with Crippen molar-refractivity contribution in [3.8, 4) is 5.75 Å². The number of aliphatic carboxylic acids is 1. The van der Waals surface area contributed by atoms with Crippen molar-refractivity contribution in [2.24, 2.45) is 7.05 Å². The van der Waals surface area contributed by atoms with Gasteiger partial charge in [0.1, 0.15) is 18.1 Å². The maximum Gasteiger partial charge on any atom is 0.331 e. The molecule has 1 atom stereocenters. The Morgan fingerprint density at radius 3 is 2.74 bits per heavy atom. The number of carbonyl (C=O) groups excluding carboxylic acids is 1. The van der Waals surface area contributed by atoms with Gasteiger partial charge < -0.3 is 14.7 Å². The second kappa shape index (κ2) is 5.75. The Hall–Kier alpha value is -2.83. The van der Waals surface area contributed by atoms with E-state index in [1.807, 2.05) is 0 Å². The van der Waals surface area contributed by atoms with Gasteiger partial charge in [-0.25, -0.2) is 4.79 Å². The highest BCUT2D eigenvalue weighted by Crippen LogP contribution is 2.33.